The second kappa shape index (κ2) is 8.55. The first-order valence-electron chi connectivity index (χ1n) is 8.38. The monoisotopic (exact) mass is 383 g/mol. The van der Waals surface area contributed by atoms with Crippen LogP contribution in [-0.4, -0.2) is 23.3 Å². The fourth-order valence-corrected chi connectivity index (χ4v) is 3.21. The first-order valence-corrected chi connectivity index (χ1v) is 9.26. The van der Waals surface area contributed by atoms with Crippen LogP contribution >= 0.6 is 11.3 Å². The third kappa shape index (κ3) is 4.98. The minimum Gasteiger partial charge on any atom is -0.352 e. The van der Waals surface area contributed by atoms with E-state index in [4.69, 9.17) is 0 Å². The number of carbonyl (C=O) groups is 2. The van der Waals surface area contributed by atoms with Crippen molar-refractivity contribution >= 4 is 28.3 Å². The molecule has 0 bridgehead atoms. The van der Waals surface area contributed by atoms with Gasteiger partial charge < -0.3 is 10.6 Å². The zero-order valence-electron chi connectivity index (χ0n) is 14.7. The highest BCUT2D eigenvalue weighted by Gasteiger charge is 2.11. The molecule has 138 valence electrons. The Bertz CT molecular complexity index is 954. The third-order valence-electron chi connectivity index (χ3n) is 3.92. The van der Waals surface area contributed by atoms with Gasteiger partial charge in [-0.05, 0) is 42.8 Å². The third-order valence-corrected chi connectivity index (χ3v) is 4.68. The van der Waals surface area contributed by atoms with E-state index >= 15 is 0 Å². The summed E-state index contributed by atoms with van der Waals surface area (Å²) in [6.45, 7) is 2.10. The number of nitrogens with zero attached hydrogens (tertiary/aromatic N) is 1. The van der Waals surface area contributed by atoms with Crippen LogP contribution in [0.3, 0.4) is 0 Å². The molecule has 0 atom stereocenters. The van der Waals surface area contributed by atoms with E-state index in [0.717, 1.165) is 11.1 Å². The Kier molecular flexibility index (Phi) is 5.93. The SMILES string of the molecule is Cc1ccccc1C(=O)NCCC(=O)Nc1nc(-c2ccc(F)cc2)cs1. The summed E-state index contributed by atoms with van der Waals surface area (Å²) in [6.07, 6.45) is 0.142. The van der Waals surface area contributed by atoms with Crippen molar-refractivity contribution in [3.8, 4) is 11.3 Å². The van der Waals surface area contributed by atoms with Gasteiger partial charge in [0, 0.05) is 29.5 Å². The predicted molar refractivity (Wildman–Crippen MR) is 104 cm³/mol. The number of halogens is 1. The number of benzene rings is 2. The molecule has 0 fully saturated rings. The number of hydrogen-bond donors (Lipinski definition) is 2. The van der Waals surface area contributed by atoms with Crippen LogP contribution < -0.4 is 10.6 Å². The Balaban J connectivity index is 1.49. The number of aromatic nitrogens is 1. The molecule has 3 rings (SSSR count). The Morgan fingerprint density at radius 1 is 1.11 bits per heavy atom. The molecular weight excluding hydrogens is 365 g/mol. The van der Waals surface area contributed by atoms with E-state index < -0.39 is 0 Å². The van der Waals surface area contributed by atoms with Crippen LogP contribution in [0.1, 0.15) is 22.3 Å². The quantitative estimate of drug-likeness (QED) is 0.675. The summed E-state index contributed by atoms with van der Waals surface area (Å²) in [5, 5.41) is 7.71. The lowest BCUT2D eigenvalue weighted by molar-refractivity contribution is -0.116. The molecule has 0 radical (unpaired) electrons. The highest BCUT2D eigenvalue weighted by Crippen LogP contribution is 2.25. The number of thiazole rings is 1. The van der Waals surface area contributed by atoms with Crippen LogP contribution in [0.25, 0.3) is 11.3 Å². The van der Waals surface area contributed by atoms with Crippen LogP contribution in [0.15, 0.2) is 53.9 Å². The molecule has 1 aromatic heterocycles. The molecule has 0 spiro atoms. The Hall–Kier alpha value is -3.06. The molecule has 0 aliphatic heterocycles. The number of aryl methyl sites for hydroxylation is 1. The lowest BCUT2D eigenvalue weighted by Crippen LogP contribution is -2.28. The molecule has 1 heterocycles. The summed E-state index contributed by atoms with van der Waals surface area (Å²) in [5.74, 6) is -0.746. The molecule has 0 saturated heterocycles. The van der Waals surface area contributed by atoms with Gasteiger partial charge in [0.25, 0.3) is 5.91 Å². The van der Waals surface area contributed by atoms with Crippen molar-refractivity contribution in [2.45, 2.75) is 13.3 Å². The number of nitrogens with one attached hydrogen (secondary N) is 2. The number of rotatable bonds is 6. The Labute approximate surface area is 160 Å². The molecule has 2 N–H and O–H groups in total. The minimum atomic E-state index is -0.310. The topological polar surface area (TPSA) is 71.1 Å². The highest BCUT2D eigenvalue weighted by molar-refractivity contribution is 7.14. The van der Waals surface area contributed by atoms with Crippen molar-refractivity contribution in [2.24, 2.45) is 0 Å². The second-order valence-electron chi connectivity index (χ2n) is 5.91. The smallest absolute Gasteiger partial charge is 0.251 e. The molecule has 27 heavy (non-hydrogen) atoms. The first kappa shape index (κ1) is 18.7. The van der Waals surface area contributed by atoms with Crippen molar-refractivity contribution < 1.29 is 14.0 Å². The van der Waals surface area contributed by atoms with Gasteiger partial charge in [0.15, 0.2) is 5.13 Å². The summed E-state index contributed by atoms with van der Waals surface area (Å²) >= 11 is 1.29. The molecule has 0 aliphatic rings. The molecule has 3 aromatic rings. The Morgan fingerprint density at radius 3 is 2.59 bits per heavy atom. The van der Waals surface area contributed by atoms with Gasteiger partial charge in [-0.1, -0.05) is 18.2 Å². The van der Waals surface area contributed by atoms with Gasteiger partial charge in [0.1, 0.15) is 5.82 Å². The van der Waals surface area contributed by atoms with Gasteiger partial charge in [-0.2, -0.15) is 0 Å². The van der Waals surface area contributed by atoms with Gasteiger partial charge in [0.05, 0.1) is 5.69 Å². The van der Waals surface area contributed by atoms with Gasteiger partial charge in [-0.25, -0.2) is 9.37 Å². The van der Waals surface area contributed by atoms with E-state index in [-0.39, 0.29) is 30.6 Å². The van der Waals surface area contributed by atoms with E-state index in [1.165, 1.54) is 23.5 Å². The maximum atomic E-state index is 13.0. The maximum Gasteiger partial charge on any atom is 0.251 e. The number of amides is 2. The fourth-order valence-electron chi connectivity index (χ4n) is 2.48. The van der Waals surface area contributed by atoms with Crippen LogP contribution in [0.5, 0.6) is 0 Å². The summed E-state index contributed by atoms with van der Waals surface area (Å²) in [6, 6.07) is 13.3. The average molecular weight is 383 g/mol. The average Bonchev–Trinajstić information content (AvgIpc) is 3.11. The lowest BCUT2D eigenvalue weighted by atomic mass is 10.1. The zero-order valence-corrected chi connectivity index (χ0v) is 15.5. The van der Waals surface area contributed by atoms with Crippen molar-refractivity contribution in [1.82, 2.24) is 10.3 Å². The van der Waals surface area contributed by atoms with Gasteiger partial charge in [0.2, 0.25) is 5.91 Å². The van der Waals surface area contributed by atoms with Crippen LogP contribution in [-0.2, 0) is 4.79 Å². The summed E-state index contributed by atoms with van der Waals surface area (Å²) in [4.78, 5) is 28.5. The van der Waals surface area contributed by atoms with Crippen molar-refractivity contribution in [1.29, 1.82) is 0 Å². The number of carbonyl (C=O) groups excluding carboxylic acids is 2. The van der Waals surface area contributed by atoms with Crippen molar-refractivity contribution in [2.75, 3.05) is 11.9 Å². The summed E-state index contributed by atoms with van der Waals surface area (Å²) in [5.41, 5.74) is 2.93. The molecule has 2 aromatic carbocycles. The lowest BCUT2D eigenvalue weighted by Gasteiger charge is -2.07. The van der Waals surface area contributed by atoms with E-state index in [9.17, 15) is 14.0 Å². The number of anilines is 1. The Morgan fingerprint density at radius 2 is 1.85 bits per heavy atom. The van der Waals surface area contributed by atoms with E-state index in [0.29, 0.717) is 16.4 Å². The zero-order chi connectivity index (χ0) is 19.2. The first-order chi connectivity index (χ1) is 13.0. The van der Waals surface area contributed by atoms with E-state index in [1.54, 1.807) is 29.6 Å². The standard InChI is InChI=1S/C20H18FN3O2S/c1-13-4-2-3-5-16(13)19(26)22-11-10-18(25)24-20-23-17(12-27-20)14-6-8-15(21)9-7-14/h2-9,12H,10-11H2,1H3,(H,22,26)(H,23,24,25). The summed E-state index contributed by atoms with van der Waals surface area (Å²) in [7, 11) is 0. The molecule has 0 unspecified atom stereocenters. The van der Waals surface area contributed by atoms with E-state index in [2.05, 4.69) is 15.6 Å². The molecule has 5 nitrogen and oxygen atoms in total. The highest BCUT2D eigenvalue weighted by atomic mass is 32.1. The van der Waals surface area contributed by atoms with Gasteiger partial charge in [-0.3, -0.25) is 9.59 Å². The van der Waals surface area contributed by atoms with Crippen LogP contribution in [0.4, 0.5) is 9.52 Å². The van der Waals surface area contributed by atoms with Crippen molar-refractivity contribution in [3.05, 3.63) is 70.9 Å². The normalized spacial score (nSPS) is 10.4. The fraction of sp³-hybridized carbons (Fsp3) is 0.150. The van der Waals surface area contributed by atoms with Crippen LogP contribution in [0, 0.1) is 12.7 Å². The largest absolute Gasteiger partial charge is 0.352 e. The number of hydrogen-bond acceptors (Lipinski definition) is 4. The van der Waals surface area contributed by atoms with E-state index in [1.807, 2.05) is 19.1 Å². The minimum absolute atomic E-state index is 0.142. The van der Waals surface area contributed by atoms with Crippen LogP contribution in [0.2, 0.25) is 0 Å². The second-order valence-corrected chi connectivity index (χ2v) is 6.77. The van der Waals surface area contributed by atoms with Gasteiger partial charge >= 0.3 is 0 Å². The maximum absolute atomic E-state index is 13.0. The predicted octanol–water partition coefficient (Wildman–Crippen LogP) is 4.02. The molecule has 0 saturated carbocycles. The van der Waals surface area contributed by atoms with Gasteiger partial charge in [-0.15, -0.1) is 11.3 Å². The summed E-state index contributed by atoms with van der Waals surface area (Å²) < 4.78 is 13.0. The molecule has 7 heteroatoms. The molecule has 0 aliphatic carbocycles. The van der Waals surface area contributed by atoms with Crippen molar-refractivity contribution in [3.63, 3.8) is 0 Å². The molecular formula is C20H18FN3O2S. The molecule has 2 amide bonds.